The van der Waals surface area contributed by atoms with Crippen LogP contribution in [-0.2, 0) is 11.3 Å². The Bertz CT molecular complexity index is 414. The second-order valence-corrected chi connectivity index (χ2v) is 6.61. The van der Waals surface area contributed by atoms with Crippen LogP contribution in [0.15, 0.2) is 18.5 Å². The predicted molar refractivity (Wildman–Crippen MR) is 79.3 cm³/mol. The highest BCUT2D eigenvalue weighted by Crippen LogP contribution is 2.16. The van der Waals surface area contributed by atoms with Gasteiger partial charge in [0.1, 0.15) is 0 Å². The van der Waals surface area contributed by atoms with Crippen LogP contribution in [0.3, 0.4) is 0 Å². The molecule has 2 rings (SSSR count). The lowest BCUT2D eigenvalue weighted by Gasteiger charge is -2.33. The standard InChI is InChI=1S/C15H26N4O/c1-15(2,3)14(20)17-13-5-9-18(10-6-13)11-12-19-8-4-7-16-19/h4,7-8,13H,5-6,9-12H2,1-3H3,(H,17,20). The molecule has 1 N–H and O–H groups in total. The molecule has 0 spiro atoms. The fraction of sp³-hybridized carbons (Fsp3) is 0.733. The van der Waals surface area contributed by atoms with E-state index in [0.29, 0.717) is 6.04 Å². The van der Waals surface area contributed by atoms with Crippen molar-refractivity contribution in [3.63, 3.8) is 0 Å². The van der Waals surface area contributed by atoms with Gasteiger partial charge in [-0.1, -0.05) is 20.8 Å². The van der Waals surface area contributed by atoms with Crippen LogP contribution >= 0.6 is 0 Å². The number of amides is 1. The van der Waals surface area contributed by atoms with Crippen LogP contribution in [0.4, 0.5) is 0 Å². The van der Waals surface area contributed by atoms with Crippen molar-refractivity contribution in [3.8, 4) is 0 Å². The molecule has 112 valence electrons. The number of hydrogen-bond donors (Lipinski definition) is 1. The molecule has 2 heterocycles. The lowest BCUT2D eigenvalue weighted by molar-refractivity contribution is -0.129. The smallest absolute Gasteiger partial charge is 0.225 e. The highest BCUT2D eigenvalue weighted by Gasteiger charge is 2.26. The van der Waals surface area contributed by atoms with Crippen LogP contribution in [0.5, 0.6) is 0 Å². The van der Waals surface area contributed by atoms with E-state index in [1.54, 1.807) is 0 Å². The Morgan fingerprint density at radius 2 is 2.00 bits per heavy atom. The van der Waals surface area contributed by atoms with Gasteiger partial charge >= 0.3 is 0 Å². The Morgan fingerprint density at radius 3 is 2.55 bits per heavy atom. The van der Waals surface area contributed by atoms with Gasteiger partial charge in [0.25, 0.3) is 0 Å². The van der Waals surface area contributed by atoms with E-state index in [-0.39, 0.29) is 11.3 Å². The van der Waals surface area contributed by atoms with Gasteiger partial charge in [0, 0.05) is 43.5 Å². The molecule has 0 radical (unpaired) electrons. The topological polar surface area (TPSA) is 50.2 Å². The predicted octanol–water partition coefficient (Wildman–Crippen LogP) is 1.51. The Morgan fingerprint density at radius 1 is 1.30 bits per heavy atom. The van der Waals surface area contributed by atoms with Crippen molar-refractivity contribution in [2.24, 2.45) is 5.41 Å². The summed E-state index contributed by atoms with van der Waals surface area (Å²) in [7, 11) is 0. The maximum absolute atomic E-state index is 12.0. The summed E-state index contributed by atoms with van der Waals surface area (Å²) in [5, 5.41) is 7.38. The molecule has 5 nitrogen and oxygen atoms in total. The molecule has 0 saturated carbocycles. The van der Waals surface area contributed by atoms with E-state index in [1.165, 1.54) is 0 Å². The van der Waals surface area contributed by atoms with Gasteiger partial charge in [0.05, 0.1) is 6.54 Å². The zero-order valence-corrected chi connectivity index (χ0v) is 12.8. The molecule has 0 bridgehead atoms. The molecule has 1 aromatic rings. The lowest BCUT2D eigenvalue weighted by Crippen LogP contribution is -2.48. The second-order valence-electron chi connectivity index (χ2n) is 6.61. The van der Waals surface area contributed by atoms with E-state index >= 15 is 0 Å². The van der Waals surface area contributed by atoms with E-state index in [9.17, 15) is 4.79 Å². The third-order valence-corrected chi connectivity index (χ3v) is 3.81. The highest BCUT2D eigenvalue weighted by atomic mass is 16.2. The molecule has 0 atom stereocenters. The Kier molecular flexibility index (Phi) is 4.81. The molecule has 1 aliphatic rings. The van der Waals surface area contributed by atoms with Crippen molar-refractivity contribution in [3.05, 3.63) is 18.5 Å². The summed E-state index contributed by atoms with van der Waals surface area (Å²) >= 11 is 0. The Hall–Kier alpha value is -1.36. The van der Waals surface area contributed by atoms with Crippen molar-refractivity contribution < 1.29 is 4.79 Å². The van der Waals surface area contributed by atoms with Crippen molar-refractivity contribution in [2.75, 3.05) is 19.6 Å². The van der Waals surface area contributed by atoms with Crippen LogP contribution in [0.1, 0.15) is 33.6 Å². The van der Waals surface area contributed by atoms with Gasteiger partial charge in [-0.3, -0.25) is 9.48 Å². The summed E-state index contributed by atoms with van der Waals surface area (Å²) in [5.41, 5.74) is -0.294. The molecule has 1 fully saturated rings. The van der Waals surface area contributed by atoms with Crippen LogP contribution in [0.25, 0.3) is 0 Å². The summed E-state index contributed by atoms with van der Waals surface area (Å²) in [6.07, 6.45) is 5.90. The number of likely N-dealkylation sites (tertiary alicyclic amines) is 1. The van der Waals surface area contributed by atoms with Gasteiger partial charge in [-0.05, 0) is 18.9 Å². The Labute approximate surface area is 121 Å². The van der Waals surface area contributed by atoms with Gasteiger partial charge in [0.2, 0.25) is 5.91 Å². The van der Waals surface area contributed by atoms with Crippen LogP contribution in [-0.4, -0.2) is 46.3 Å². The Balaban J connectivity index is 1.68. The normalized spacial score (nSPS) is 18.1. The van der Waals surface area contributed by atoms with Gasteiger partial charge in [-0.2, -0.15) is 5.10 Å². The fourth-order valence-corrected chi connectivity index (χ4v) is 2.38. The molecule has 1 aliphatic heterocycles. The molecular formula is C15H26N4O. The molecule has 20 heavy (non-hydrogen) atoms. The summed E-state index contributed by atoms with van der Waals surface area (Å²) in [4.78, 5) is 14.4. The minimum absolute atomic E-state index is 0.160. The quantitative estimate of drug-likeness (QED) is 0.908. The van der Waals surface area contributed by atoms with Gasteiger partial charge in [-0.25, -0.2) is 0 Å². The minimum atomic E-state index is -0.294. The number of nitrogens with zero attached hydrogens (tertiary/aromatic N) is 3. The number of carbonyl (C=O) groups is 1. The summed E-state index contributed by atoms with van der Waals surface area (Å²) in [6.45, 7) is 9.95. The molecule has 1 amide bonds. The maximum atomic E-state index is 12.0. The van der Waals surface area contributed by atoms with E-state index in [2.05, 4.69) is 15.3 Å². The first-order chi connectivity index (χ1) is 9.45. The number of hydrogen-bond acceptors (Lipinski definition) is 3. The number of aromatic nitrogens is 2. The van der Waals surface area contributed by atoms with Crippen LogP contribution in [0, 0.1) is 5.41 Å². The van der Waals surface area contributed by atoms with Crippen molar-refractivity contribution >= 4 is 5.91 Å². The molecule has 5 heteroatoms. The van der Waals surface area contributed by atoms with Gasteiger partial charge in [0.15, 0.2) is 0 Å². The number of rotatable bonds is 4. The average molecular weight is 278 g/mol. The SMILES string of the molecule is CC(C)(C)C(=O)NC1CCN(CCn2cccn2)CC1. The van der Waals surface area contributed by atoms with Crippen LogP contribution in [0.2, 0.25) is 0 Å². The summed E-state index contributed by atoms with van der Waals surface area (Å²) in [5.74, 6) is 0.160. The number of piperidine rings is 1. The first kappa shape index (κ1) is 15.0. The largest absolute Gasteiger partial charge is 0.353 e. The molecular weight excluding hydrogens is 252 g/mol. The van der Waals surface area contributed by atoms with E-state index in [0.717, 1.165) is 39.0 Å². The molecule has 0 aliphatic carbocycles. The first-order valence-corrected chi connectivity index (χ1v) is 7.46. The zero-order valence-electron chi connectivity index (χ0n) is 12.8. The second kappa shape index (κ2) is 6.39. The van der Waals surface area contributed by atoms with E-state index < -0.39 is 0 Å². The first-order valence-electron chi connectivity index (χ1n) is 7.46. The van der Waals surface area contributed by atoms with Gasteiger partial charge < -0.3 is 10.2 Å². The fourth-order valence-electron chi connectivity index (χ4n) is 2.38. The summed E-state index contributed by atoms with van der Waals surface area (Å²) in [6, 6.07) is 2.29. The number of nitrogens with one attached hydrogen (secondary N) is 1. The molecule has 0 unspecified atom stereocenters. The van der Waals surface area contributed by atoms with E-state index in [4.69, 9.17) is 0 Å². The average Bonchev–Trinajstić information content (AvgIpc) is 2.90. The molecule has 0 aromatic carbocycles. The lowest BCUT2D eigenvalue weighted by atomic mass is 9.94. The molecule has 1 aromatic heterocycles. The third kappa shape index (κ3) is 4.34. The highest BCUT2D eigenvalue weighted by molar-refractivity contribution is 5.81. The van der Waals surface area contributed by atoms with E-state index in [1.807, 2.05) is 43.9 Å². The van der Waals surface area contributed by atoms with Crippen molar-refractivity contribution in [1.82, 2.24) is 20.0 Å². The zero-order chi connectivity index (χ0) is 14.6. The summed E-state index contributed by atoms with van der Waals surface area (Å²) < 4.78 is 1.97. The molecule has 1 saturated heterocycles. The van der Waals surface area contributed by atoms with Crippen LogP contribution < -0.4 is 5.32 Å². The third-order valence-electron chi connectivity index (χ3n) is 3.81. The maximum Gasteiger partial charge on any atom is 0.225 e. The minimum Gasteiger partial charge on any atom is -0.353 e. The van der Waals surface area contributed by atoms with Crippen molar-refractivity contribution in [2.45, 2.75) is 46.2 Å². The van der Waals surface area contributed by atoms with Crippen molar-refractivity contribution in [1.29, 1.82) is 0 Å². The van der Waals surface area contributed by atoms with Gasteiger partial charge in [-0.15, -0.1) is 0 Å². The number of carbonyl (C=O) groups excluding carboxylic acids is 1. The monoisotopic (exact) mass is 278 g/mol.